The Balaban J connectivity index is 1.64. The van der Waals surface area contributed by atoms with Crippen LogP contribution in [0.3, 0.4) is 0 Å². The van der Waals surface area contributed by atoms with Crippen molar-refractivity contribution >= 4 is 5.91 Å². The smallest absolute Gasteiger partial charge is 0.255 e. The summed E-state index contributed by atoms with van der Waals surface area (Å²) in [5, 5.41) is 0. The van der Waals surface area contributed by atoms with Crippen molar-refractivity contribution in [1.29, 1.82) is 0 Å². The molecule has 0 aromatic carbocycles. The van der Waals surface area contributed by atoms with Gasteiger partial charge in [0.15, 0.2) is 0 Å². The number of piperidine rings is 1. The van der Waals surface area contributed by atoms with Crippen molar-refractivity contribution in [2.75, 3.05) is 46.4 Å². The summed E-state index contributed by atoms with van der Waals surface area (Å²) in [6, 6.07) is 3.69. The van der Waals surface area contributed by atoms with Crippen molar-refractivity contribution in [3.8, 4) is 0 Å². The summed E-state index contributed by atoms with van der Waals surface area (Å²) in [4.78, 5) is 21.2. The molecule has 3 rings (SSSR count). The Hall–Kier alpha value is -1.46. The van der Waals surface area contributed by atoms with Crippen LogP contribution in [0.2, 0.25) is 0 Å². The second kappa shape index (κ2) is 6.75. The highest BCUT2D eigenvalue weighted by molar-refractivity contribution is 5.93. The third-order valence-corrected chi connectivity index (χ3v) is 4.99. The van der Waals surface area contributed by atoms with Gasteiger partial charge in [-0.2, -0.15) is 0 Å². The van der Waals surface area contributed by atoms with Crippen molar-refractivity contribution < 1.29 is 9.53 Å². The molecule has 1 unspecified atom stereocenters. The topological polar surface area (TPSA) is 45.7 Å². The molecule has 120 valence electrons. The maximum atomic E-state index is 12.6. The maximum absolute atomic E-state index is 12.6. The third-order valence-electron chi connectivity index (χ3n) is 4.99. The van der Waals surface area contributed by atoms with Gasteiger partial charge in [0.1, 0.15) is 0 Å². The minimum Gasteiger partial charge on any atom is -0.383 e. The molecule has 1 aromatic rings. The summed E-state index contributed by atoms with van der Waals surface area (Å²) in [7, 11) is 1.75. The maximum Gasteiger partial charge on any atom is 0.255 e. The standard InChI is InChI=1S/C17H25N3O2/c1-22-11-10-19-9-6-17(13-19)5-3-8-20(14-17)16(21)15-4-2-7-18-12-15/h2,4,7,12H,3,5-6,8-11,13-14H2,1H3. The lowest BCUT2D eigenvalue weighted by molar-refractivity contribution is 0.0519. The number of hydrogen-bond acceptors (Lipinski definition) is 4. The van der Waals surface area contributed by atoms with E-state index in [2.05, 4.69) is 9.88 Å². The molecular formula is C17H25N3O2. The molecule has 2 aliphatic rings. The van der Waals surface area contributed by atoms with Crippen LogP contribution in [0, 0.1) is 5.41 Å². The molecule has 22 heavy (non-hydrogen) atoms. The van der Waals surface area contributed by atoms with E-state index in [1.807, 2.05) is 17.0 Å². The van der Waals surface area contributed by atoms with Crippen molar-refractivity contribution in [3.63, 3.8) is 0 Å². The van der Waals surface area contributed by atoms with Gasteiger partial charge < -0.3 is 14.5 Å². The number of methoxy groups -OCH3 is 1. The Bertz CT molecular complexity index is 508. The van der Waals surface area contributed by atoms with E-state index in [9.17, 15) is 4.79 Å². The molecule has 1 amide bonds. The molecule has 1 aromatic heterocycles. The number of hydrogen-bond donors (Lipinski definition) is 0. The average molecular weight is 303 g/mol. The Labute approximate surface area is 132 Å². The quantitative estimate of drug-likeness (QED) is 0.848. The van der Waals surface area contributed by atoms with Crippen LogP contribution in [0.15, 0.2) is 24.5 Å². The van der Waals surface area contributed by atoms with E-state index >= 15 is 0 Å². The number of aromatic nitrogens is 1. The second-order valence-corrected chi connectivity index (χ2v) is 6.59. The first-order chi connectivity index (χ1) is 10.7. The van der Waals surface area contributed by atoms with E-state index in [4.69, 9.17) is 4.74 Å². The zero-order chi connectivity index (χ0) is 15.4. The van der Waals surface area contributed by atoms with E-state index in [1.54, 1.807) is 19.5 Å². The first kappa shape index (κ1) is 15.4. The lowest BCUT2D eigenvalue weighted by atomic mass is 9.79. The molecule has 3 heterocycles. The summed E-state index contributed by atoms with van der Waals surface area (Å²) < 4.78 is 5.18. The van der Waals surface area contributed by atoms with Crippen LogP contribution >= 0.6 is 0 Å². The fourth-order valence-corrected chi connectivity index (χ4v) is 3.83. The van der Waals surface area contributed by atoms with Crippen LogP contribution in [0.4, 0.5) is 0 Å². The largest absolute Gasteiger partial charge is 0.383 e. The molecular weight excluding hydrogens is 278 g/mol. The minimum absolute atomic E-state index is 0.127. The molecule has 0 saturated carbocycles. The number of rotatable bonds is 4. The van der Waals surface area contributed by atoms with Crippen LogP contribution in [0.1, 0.15) is 29.6 Å². The van der Waals surface area contributed by atoms with Crippen LogP contribution in [0.5, 0.6) is 0 Å². The van der Waals surface area contributed by atoms with Gasteiger partial charge in [-0.05, 0) is 37.9 Å². The number of nitrogens with zero attached hydrogens (tertiary/aromatic N) is 3. The zero-order valence-electron chi connectivity index (χ0n) is 13.3. The molecule has 2 fully saturated rings. The van der Waals surface area contributed by atoms with Gasteiger partial charge in [-0.3, -0.25) is 9.78 Å². The Morgan fingerprint density at radius 1 is 1.36 bits per heavy atom. The Morgan fingerprint density at radius 3 is 3.05 bits per heavy atom. The van der Waals surface area contributed by atoms with Gasteiger partial charge >= 0.3 is 0 Å². The lowest BCUT2D eigenvalue weighted by Gasteiger charge is -2.40. The van der Waals surface area contributed by atoms with Gasteiger partial charge in [-0.25, -0.2) is 0 Å². The van der Waals surface area contributed by atoms with E-state index < -0.39 is 0 Å². The molecule has 2 aliphatic heterocycles. The zero-order valence-corrected chi connectivity index (χ0v) is 13.3. The molecule has 1 atom stereocenters. The minimum atomic E-state index is 0.127. The number of pyridine rings is 1. The summed E-state index contributed by atoms with van der Waals surface area (Å²) >= 11 is 0. The highest BCUT2D eigenvalue weighted by Crippen LogP contribution is 2.39. The van der Waals surface area contributed by atoms with Crippen molar-refractivity contribution in [1.82, 2.24) is 14.8 Å². The van der Waals surface area contributed by atoms with E-state index in [0.717, 1.165) is 45.8 Å². The molecule has 1 spiro atoms. The average Bonchev–Trinajstić information content (AvgIpc) is 2.95. The number of carbonyl (C=O) groups excluding carboxylic acids is 1. The number of carbonyl (C=O) groups is 1. The summed E-state index contributed by atoms with van der Waals surface area (Å²) in [6.45, 7) is 5.74. The summed E-state index contributed by atoms with van der Waals surface area (Å²) in [5.41, 5.74) is 0.984. The SMILES string of the molecule is COCCN1CCC2(CCCN(C(=O)c3cccnc3)C2)C1. The predicted molar refractivity (Wildman–Crippen MR) is 84.7 cm³/mol. The van der Waals surface area contributed by atoms with E-state index in [1.165, 1.54) is 12.8 Å². The number of likely N-dealkylation sites (tertiary alicyclic amines) is 2. The van der Waals surface area contributed by atoms with E-state index in [0.29, 0.717) is 5.56 Å². The highest BCUT2D eigenvalue weighted by atomic mass is 16.5. The van der Waals surface area contributed by atoms with Gasteiger partial charge in [-0.1, -0.05) is 0 Å². The van der Waals surface area contributed by atoms with E-state index in [-0.39, 0.29) is 11.3 Å². The molecule has 2 saturated heterocycles. The van der Waals surface area contributed by atoms with Gasteiger partial charge in [0.2, 0.25) is 0 Å². The molecule has 0 radical (unpaired) electrons. The lowest BCUT2D eigenvalue weighted by Crippen LogP contribution is -2.47. The summed E-state index contributed by atoms with van der Waals surface area (Å²) in [6.07, 6.45) is 6.90. The first-order valence-electron chi connectivity index (χ1n) is 8.13. The van der Waals surface area contributed by atoms with Gasteiger partial charge in [-0.15, -0.1) is 0 Å². The highest BCUT2D eigenvalue weighted by Gasteiger charge is 2.42. The van der Waals surface area contributed by atoms with Crippen molar-refractivity contribution in [2.24, 2.45) is 5.41 Å². The normalized spacial score (nSPS) is 25.8. The molecule has 0 aliphatic carbocycles. The fourth-order valence-electron chi connectivity index (χ4n) is 3.83. The van der Waals surface area contributed by atoms with Crippen LogP contribution in [-0.2, 0) is 4.74 Å². The van der Waals surface area contributed by atoms with Crippen LogP contribution in [-0.4, -0.2) is 67.1 Å². The monoisotopic (exact) mass is 303 g/mol. The van der Waals surface area contributed by atoms with Gasteiger partial charge in [0.25, 0.3) is 5.91 Å². The van der Waals surface area contributed by atoms with Crippen molar-refractivity contribution in [3.05, 3.63) is 30.1 Å². The second-order valence-electron chi connectivity index (χ2n) is 6.59. The van der Waals surface area contributed by atoms with Gasteiger partial charge in [0, 0.05) is 51.1 Å². The van der Waals surface area contributed by atoms with Crippen LogP contribution in [0.25, 0.3) is 0 Å². The molecule has 0 N–H and O–H groups in total. The predicted octanol–water partition coefficient (Wildman–Crippen LogP) is 1.66. The molecule has 5 nitrogen and oxygen atoms in total. The Morgan fingerprint density at radius 2 is 2.27 bits per heavy atom. The molecule has 0 bridgehead atoms. The number of ether oxygens (including phenoxy) is 1. The van der Waals surface area contributed by atoms with Crippen molar-refractivity contribution in [2.45, 2.75) is 19.3 Å². The number of amides is 1. The van der Waals surface area contributed by atoms with Crippen LogP contribution < -0.4 is 0 Å². The Kier molecular flexibility index (Phi) is 4.74. The molecule has 5 heteroatoms. The fraction of sp³-hybridized carbons (Fsp3) is 0.647. The summed E-state index contributed by atoms with van der Waals surface area (Å²) in [5.74, 6) is 0.127. The van der Waals surface area contributed by atoms with Gasteiger partial charge in [0.05, 0.1) is 12.2 Å². The third kappa shape index (κ3) is 3.31. The first-order valence-corrected chi connectivity index (χ1v) is 8.13.